The Bertz CT molecular complexity index is 693. The van der Waals surface area contributed by atoms with Crippen LogP contribution in [-0.4, -0.2) is 49.6 Å². The van der Waals surface area contributed by atoms with Crippen molar-refractivity contribution in [3.8, 4) is 11.5 Å². The summed E-state index contributed by atoms with van der Waals surface area (Å²) < 4.78 is 9.92. The van der Waals surface area contributed by atoms with Gasteiger partial charge in [0.1, 0.15) is 12.0 Å². The van der Waals surface area contributed by atoms with Gasteiger partial charge in [-0.3, -0.25) is 0 Å². The van der Waals surface area contributed by atoms with E-state index in [0.717, 1.165) is 32.4 Å². The van der Waals surface area contributed by atoms with Gasteiger partial charge in [-0.15, -0.1) is 0 Å². The van der Waals surface area contributed by atoms with E-state index in [1.807, 2.05) is 9.80 Å². The van der Waals surface area contributed by atoms with Gasteiger partial charge in [0.2, 0.25) is 0 Å². The Labute approximate surface area is 133 Å². The molecule has 4 N–H and O–H groups in total. The van der Waals surface area contributed by atoms with Crippen molar-refractivity contribution in [3.63, 3.8) is 0 Å². The number of amides is 1. The fourth-order valence-corrected chi connectivity index (χ4v) is 2.61. The van der Waals surface area contributed by atoms with Crippen molar-refractivity contribution in [1.82, 2.24) is 0 Å². The highest BCUT2D eigenvalue weighted by Gasteiger charge is 2.35. The molecule has 23 heavy (non-hydrogen) atoms. The molecule has 1 amide bonds. The zero-order valence-electron chi connectivity index (χ0n) is 13.0. The van der Waals surface area contributed by atoms with Gasteiger partial charge < -0.3 is 35.2 Å². The molecule has 0 radical (unpaired) electrons. The van der Waals surface area contributed by atoms with Crippen LogP contribution in [0, 0.1) is 6.92 Å². The molecule has 1 aromatic rings. The first-order valence-corrected chi connectivity index (χ1v) is 7.24. The summed E-state index contributed by atoms with van der Waals surface area (Å²) in [5, 5.41) is 21.4. The van der Waals surface area contributed by atoms with Crippen LogP contribution in [0.2, 0.25) is 0 Å². The number of hydrogen-bond acceptors (Lipinski definition) is 7. The Kier molecular flexibility index (Phi) is 3.59. The fourth-order valence-electron chi connectivity index (χ4n) is 2.61. The molecular weight excluding hydrogens is 302 g/mol. The molecule has 8 heteroatoms. The fraction of sp³-hybridized carbons (Fsp3) is 0.400. The molecule has 1 aromatic carbocycles. The monoisotopic (exact) mass is 321 g/mol. The number of methoxy groups -OCH3 is 1. The molecule has 0 unspecified atom stereocenters. The zero-order chi connectivity index (χ0) is 16.7. The minimum atomic E-state index is -0.991. The number of nitrogens with two attached hydrogens (primary N) is 1. The van der Waals surface area contributed by atoms with Crippen LogP contribution in [0.4, 0.5) is 16.2 Å². The van der Waals surface area contributed by atoms with Gasteiger partial charge in [-0.1, -0.05) is 0 Å². The highest BCUT2D eigenvalue weighted by Crippen LogP contribution is 2.52. The summed E-state index contributed by atoms with van der Waals surface area (Å²) in [5.74, 6) is 0.182. The first-order chi connectivity index (χ1) is 11.0. The van der Waals surface area contributed by atoms with Gasteiger partial charge in [0, 0.05) is 31.7 Å². The lowest BCUT2D eigenvalue weighted by Crippen LogP contribution is -2.10. The molecule has 2 fully saturated rings. The molecule has 124 valence electrons. The van der Waals surface area contributed by atoms with Crippen LogP contribution < -0.4 is 15.5 Å². The first kappa shape index (κ1) is 15.1. The third kappa shape index (κ3) is 2.67. The number of nitrogens with zero attached hydrogens (tertiary/aromatic N) is 2. The number of carbonyl (C=O) groups excluding carboxylic acids is 1. The Morgan fingerprint density at radius 3 is 2.17 bits per heavy atom. The molecule has 3 rings (SSSR count). The van der Waals surface area contributed by atoms with Crippen LogP contribution in [0.25, 0.3) is 5.76 Å². The number of benzene rings is 1. The lowest BCUT2D eigenvalue weighted by Gasteiger charge is -2.21. The second-order valence-corrected chi connectivity index (χ2v) is 5.49. The number of phenolic OH excluding ortho intramolecular Hbond substituents is 2. The number of hydrogen-bond donors (Lipinski definition) is 3. The van der Waals surface area contributed by atoms with Crippen LogP contribution in [-0.2, 0) is 9.47 Å². The Balaban J connectivity index is 2.20. The van der Waals surface area contributed by atoms with Crippen molar-refractivity contribution in [2.24, 2.45) is 5.73 Å². The third-order valence-electron chi connectivity index (χ3n) is 3.91. The first-order valence-electron chi connectivity index (χ1n) is 7.24. The molecule has 0 saturated carbocycles. The molecule has 0 atom stereocenters. The van der Waals surface area contributed by atoms with Crippen LogP contribution in [0.3, 0.4) is 0 Å². The highest BCUT2D eigenvalue weighted by molar-refractivity contribution is 5.91. The van der Waals surface area contributed by atoms with Gasteiger partial charge in [-0.05, 0) is 6.92 Å². The van der Waals surface area contributed by atoms with Crippen molar-refractivity contribution in [3.05, 3.63) is 17.4 Å². The highest BCUT2D eigenvalue weighted by atomic mass is 16.6. The van der Waals surface area contributed by atoms with E-state index in [2.05, 4.69) is 4.74 Å². The number of aromatic hydroxyl groups is 2. The minimum absolute atomic E-state index is 0.0131. The van der Waals surface area contributed by atoms with Crippen molar-refractivity contribution in [2.75, 3.05) is 43.1 Å². The second kappa shape index (κ2) is 5.45. The minimum Gasteiger partial charge on any atom is -0.505 e. The van der Waals surface area contributed by atoms with Crippen molar-refractivity contribution in [2.45, 2.75) is 6.92 Å². The Morgan fingerprint density at radius 1 is 1.13 bits per heavy atom. The molecule has 0 aromatic heterocycles. The molecule has 0 aliphatic carbocycles. The van der Waals surface area contributed by atoms with E-state index in [-0.39, 0.29) is 22.8 Å². The average Bonchev–Trinajstić information content (AvgIpc) is 3.36. The van der Waals surface area contributed by atoms with Crippen LogP contribution in [0.15, 0.2) is 6.26 Å². The van der Waals surface area contributed by atoms with E-state index in [9.17, 15) is 15.0 Å². The summed E-state index contributed by atoms with van der Waals surface area (Å²) in [6.45, 7) is 4.89. The molecule has 2 heterocycles. The van der Waals surface area contributed by atoms with Crippen molar-refractivity contribution < 1.29 is 24.5 Å². The maximum absolute atomic E-state index is 10.8. The summed E-state index contributed by atoms with van der Waals surface area (Å²) in [5.41, 5.74) is 6.89. The molecule has 2 aliphatic heterocycles. The maximum atomic E-state index is 10.8. The van der Waals surface area contributed by atoms with E-state index >= 15 is 0 Å². The van der Waals surface area contributed by atoms with Gasteiger partial charge in [-0.2, -0.15) is 0 Å². The number of anilines is 2. The molecule has 0 bridgehead atoms. The van der Waals surface area contributed by atoms with Crippen LogP contribution >= 0.6 is 0 Å². The average molecular weight is 321 g/mol. The smallest absolute Gasteiger partial charge is 0.409 e. The molecule has 0 spiro atoms. The normalized spacial score (nSPS) is 16.3. The predicted molar refractivity (Wildman–Crippen MR) is 84.6 cm³/mol. The van der Waals surface area contributed by atoms with Gasteiger partial charge in [0.15, 0.2) is 11.5 Å². The largest absolute Gasteiger partial charge is 0.505 e. The molecule has 8 nitrogen and oxygen atoms in total. The number of phenols is 2. The van der Waals surface area contributed by atoms with Gasteiger partial charge in [-0.25, -0.2) is 4.79 Å². The lowest BCUT2D eigenvalue weighted by molar-refractivity contribution is 0.194. The number of ether oxygens (including phenoxy) is 2. The van der Waals surface area contributed by atoms with Crippen LogP contribution in [0.5, 0.6) is 11.5 Å². The Hall–Kier alpha value is -2.77. The van der Waals surface area contributed by atoms with Crippen molar-refractivity contribution in [1.29, 1.82) is 0 Å². The summed E-state index contributed by atoms with van der Waals surface area (Å²) in [6.07, 6.45) is 0.0420. The Morgan fingerprint density at radius 2 is 1.70 bits per heavy atom. The summed E-state index contributed by atoms with van der Waals surface area (Å²) in [4.78, 5) is 14.7. The van der Waals surface area contributed by atoms with Gasteiger partial charge >= 0.3 is 6.09 Å². The number of primary amides is 1. The SMILES string of the molecule is CO/C(=C\OC(N)=O)c1c(O)c(N2CC2)c(C)c(O)c1N1CC1. The number of rotatable bonds is 5. The van der Waals surface area contributed by atoms with E-state index in [1.165, 1.54) is 7.11 Å². The summed E-state index contributed by atoms with van der Waals surface area (Å²) >= 11 is 0. The van der Waals surface area contributed by atoms with Crippen molar-refractivity contribution >= 4 is 23.2 Å². The molecular formula is C15H19N3O5. The van der Waals surface area contributed by atoms with E-state index < -0.39 is 6.09 Å². The van der Waals surface area contributed by atoms with Gasteiger partial charge in [0.05, 0.1) is 24.0 Å². The van der Waals surface area contributed by atoms with Gasteiger partial charge in [0.25, 0.3) is 0 Å². The molecule has 2 saturated heterocycles. The number of carbonyl (C=O) groups is 1. The van der Waals surface area contributed by atoms with E-state index in [4.69, 9.17) is 10.5 Å². The van der Waals surface area contributed by atoms with E-state index in [0.29, 0.717) is 16.9 Å². The quantitative estimate of drug-likeness (QED) is 0.423. The summed E-state index contributed by atoms with van der Waals surface area (Å²) in [6, 6.07) is 0. The standard InChI is InChI=1S/C15H19N3O5/c1-8-11(17-3-4-17)14(20)10(9(22-2)7-23-15(16)21)12(13(8)19)18-5-6-18/h7,19-20H,3-6H2,1-2H3,(H2,16,21)/b9-7-. The maximum Gasteiger partial charge on any atom is 0.409 e. The molecule has 2 aliphatic rings. The van der Waals surface area contributed by atoms with E-state index in [1.54, 1.807) is 6.92 Å². The zero-order valence-corrected chi connectivity index (χ0v) is 13.0. The topological polar surface area (TPSA) is 108 Å². The second-order valence-electron chi connectivity index (χ2n) is 5.49. The predicted octanol–water partition coefficient (Wildman–Crippen LogP) is 1.09. The third-order valence-corrected chi connectivity index (χ3v) is 3.91. The van der Waals surface area contributed by atoms with Crippen LogP contribution in [0.1, 0.15) is 11.1 Å². The lowest BCUT2D eigenvalue weighted by atomic mass is 10.0. The summed E-state index contributed by atoms with van der Waals surface area (Å²) in [7, 11) is 1.38.